The van der Waals surface area contributed by atoms with E-state index in [4.69, 9.17) is 23.2 Å². The third-order valence-electron chi connectivity index (χ3n) is 2.20. The lowest BCUT2D eigenvalue weighted by Gasteiger charge is -2.12. The highest BCUT2D eigenvalue weighted by molar-refractivity contribution is 9.10. The third-order valence-corrected chi connectivity index (χ3v) is 5.04. The van der Waals surface area contributed by atoms with E-state index in [1.807, 2.05) is 13.8 Å². The van der Waals surface area contributed by atoms with Crippen LogP contribution in [0.3, 0.4) is 0 Å². The maximum atomic E-state index is 12.1. The fraction of sp³-hybridized carbons (Fsp3) is 0.455. The quantitative estimate of drug-likeness (QED) is 0.735. The van der Waals surface area contributed by atoms with Gasteiger partial charge < -0.3 is 5.32 Å². The van der Waals surface area contributed by atoms with E-state index in [1.165, 1.54) is 12.1 Å². The summed E-state index contributed by atoms with van der Waals surface area (Å²) >= 11 is 15.1. The van der Waals surface area contributed by atoms with Gasteiger partial charge in [-0.3, -0.25) is 0 Å². The van der Waals surface area contributed by atoms with Crippen LogP contribution in [0.15, 0.2) is 21.5 Å². The Kier molecular flexibility index (Phi) is 6.56. The summed E-state index contributed by atoms with van der Waals surface area (Å²) in [5.41, 5.74) is 0. The molecule has 0 aliphatic carbocycles. The summed E-state index contributed by atoms with van der Waals surface area (Å²) < 4.78 is 27.3. The van der Waals surface area contributed by atoms with E-state index in [9.17, 15) is 8.42 Å². The minimum atomic E-state index is -3.71. The standard InChI is InChI=1S/C11H15BrCl2N2O2S/c1-7(2)15-3-4-16-19(17,18)11-9(13)5-8(12)6-10(11)14/h5-7,15-16H,3-4H2,1-2H3. The average Bonchev–Trinajstić information content (AvgIpc) is 2.22. The van der Waals surface area contributed by atoms with Crippen LogP contribution in [0, 0.1) is 0 Å². The molecule has 0 aliphatic heterocycles. The van der Waals surface area contributed by atoms with Crippen molar-refractivity contribution < 1.29 is 8.42 Å². The van der Waals surface area contributed by atoms with Gasteiger partial charge in [0.1, 0.15) is 4.90 Å². The molecule has 0 spiro atoms. The number of rotatable bonds is 6. The van der Waals surface area contributed by atoms with Crippen LogP contribution in [0.2, 0.25) is 10.0 Å². The molecule has 8 heteroatoms. The number of nitrogens with one attached hydrogen (secondary N) is 2. The molecule has 1 rings (SSSR count). The van der Waals surface area contributed by atoms with Crippen molar-refractivity contribution in [3.63, 3.8) is 0 Å². The fourth-order valence-corrected chi connectivity index (χ4v) is 4.37. The first-order valence-electron chi connectivity index (χ1n) is 5.61. The first kappa shape index (κ1) is 17.2. The SMILES string of the molecule is CC(C)NCCNS(=O)(=O)c1c(Cl)cc(Br)cc1Cl. The molecule has 0 saturated heterocycles. The number of hydrogen-bond donors (Lipinski definition) is 2. The van der Waals surface area contributed by atoms with Gasteiger partial charge in [0.2, 0.25) is 10.0 Å². The second-order valence-electron chi connectivity index (χ2n) is 4.21. The van der Waals surface area contributed by atoms with Gasteiger partial charge in [-0.25, -0.2) is 13.1 Å². The lowest BCUT2D eigenvalue weighted by Crippen LogP contribution is -2.34. The van der Waals surface area contributed by atoms with Crippen molar-refractivity contribution in [3.8, 4) is 0 Å². The molecule has 0 aliphatic rings. The van der Waals surface area contributed by atoms with E-state index in [1.54, 1.807) is 0 Å². The Morgan fingerprint density at radius 1 is 1.21 bits per heavy atom. The van der Waals surface area contributed by atoms with Gasteiger partial charge >= 0.3 is 0 Å². The molecule has 0 atom stereocenters. The molecule has 0 heterocycles. The number of sulfonamides is 1. The summed E-state index contributed by atoms with van der Waals surface area (Å²) in [5, 5.41) is 3.28. The molecule has 0 amide bonds. The Balaban J connectivity index is 2.84. The average molecular weight is 390 g/mol. The van der Waals surface area contributed by atoms with Gasteiger partial charge in [-0.15, -0.1) is 0 Å². The van der Waals surface area contributed by atoms with E-state index in [-0.39, 0.29) is 21.5 Å². The van der Waals surface area contributed by atoms with Crippen LogP contribution in [0.5, 0.6) is 0 Å². The molecule has 19 heavy (non-hydrogen) atoms. The molecule has 108 valence electrons. The molecule has 0 radical (unpaired) electrons. The first-order valence-corrected chi connectivity index (χ1v) is 8.65. The van der Waals surface area contributed by atoms with Crippen molar-refractivity contribution in [1.29, 1.82) is 0 Å². The van der Waals surface area contributed by atoms with E-state index in [0.29, 0.717) is 17.1 Å². The lowest BCUT2D eigenvalue weighted by molar-refractivity contribution is 0.560. The molecule has 2 N–H and O–H groups in total. The maximum Gasteiger partial charge on any atom is 0.243 e. The van der Waals surface area contributed by atoms with Crippen LogP contribution >= 0.6 is 39.1 Å². The zero-order valence-corrected chi connectivity index (χ0v) is 14.4. The van der Waals surface area contributed by atoms with Gasteiger partial charge in [0.15, 0.2) is 0 Å². The molecular weight excluding hydrogens is 375 g/mol. The van der Waals surface area contributed by atoms with Crippen molar-refractivity contribution in [2.45, 2.75) is 24.8 Å². The summed E-state index contributed by atoms with van der Waals surface area (Å²) in [6, 6.07) is 3.28. The zero-order chi connectivity index (χ0) is 14.6. The fourth-order valence-electron chi connectivity index (χ4n) is 1.40. The summed E-state index contributed by atoms with van der Waals surface area (Å²) in [4.78, 5) is -0.0939. The lowest BCUT2D eigenvalue weighted by atomic mass is 10.4. The smallest absolute Gasteiger partial charge is 0.243 e. The Labute approximate surface area is 132 Å². The number of halogens is 3. The Morgan fingerprint density at radius 3 is 2.21 bits per heavy atom. The Hall–Kier alpha value is 0.150. The Morgan fingerprint density at radius 2 is 1.74 bits per heavy atom. The van der Waals surface area contributed by atoms with Crippen molar-refractivity contribution in [3.05, 3.63) is 26.7 Å². The molecule has 0 bridgehead atoms. The van der Waals surface area contributed by atoms with Crippen LogP contribution in [0.4, 0.5) is 0 Å². The van der Waals surface area contributed by atoms with Crippen LogP contribution in [-0.4, -0.2) is 27.5 Å². The van der Waals surface area contributed by atoms with Gasteiger partial charge in [0.05, 0.1) is 10.0 Å². The third kappa shape index (κ3) is 5.21. The zero-order valence-electron chi connectivity index (χ0n) is 10.5. The van der Waals surface area contributed by atoms with Gasteiger partial charge in [0.25, 0.3) is 0 Å². The van der Waals surface area contributed by atoms with Gasteiger partial charge in [-0.05, 0) is 12.1 Å². The normalized spacial score (nSPS) is 12.1. The molecule has 0 saturated carbocycles. The topological polar surface area (TPSA) is 58.2 Å². The van der Waals surface area contributed by atoms with E-state index in [0.717, 1.165) is 0 Å². The second kappa shape index (κ2) is 7.24. The molecular formula is C11H15BrCl2N2O2S. The predicted octanol–water partition coefficient (Wildman–Crippen LogP) is 3.03. The molecule has 0 unspecified atom stereocenters. The molecule has 1 aromatic carbocycles. The van der Waals surface area contributed by atoms with Gasteiger partial charge in [-0.1, -0.05) is 53.0 Å². The molecule has 4 nitrogen and oxygen atoms in total. The summed E-state index contributed by atoms with van der Waals surface area (Å²) in [6.45, 7) is 4.76. The highest BCUT2D eigenvalue weighted by atomic mass is 79.9. The first-order chi connectivity index (χ1) is 8.74. The monoisotopic (exact) mass is 388 g/mol. The van der Waals surface area contributed by atoms with E-state index in [2.05, 4.69) is 26.0 Å². The minimum absolute atomic E-state index is 0.0868. The van der Waals surface area contributed by atoms with Crippen LogP contribution in [0.25, 0.3) is 0 Å². The van der Waals surface area contributed by atoms with Crippen LogP contribution in [0.1, 0.15) is 13.8 Å². The van der Waals surface area contributed by atoms with Crippen molar-refractivity contribution in [2.24, 2.45) is 0 Å². The minimum Gasteiger partial charge on any atom is -0.313 e. The number of benzene rings is 1. The molecule has 1 aromatic rings. The van der Waals surface area contributed by atoms with Gasteiger partial charge in [0, 0.05) is 23.6 Å². The summed E-state index contributed by atoms with van der Waals surface area (Å²) in [7, 11) is -3.71. The summed E-state index contributed by atoms with van der Waals surface area (Å²) in [6.07, 6.45) is 0. The van der Waals surface area contributed by atoms with Crippen molar-refractivity contribution in [1.82, 2.24) is 10.0 Å². The van der Waals surface area contributed by atoms with E-state index < -0.39 is 10.0 Å². The van der Waals surface area contributed by atoms with Gasteiger partial charge in [-0.2, -0.15) is 0 Å². The second-order valence-corrected chi connectivity index (χ2v) is 7.64. The van der Waals surface area contributed by atoms with E-state index >= 15 is 0 Å². The Bertz CT molecular complexity index is 527. The van der Waals surface area contributed by atoms with Crippen LogP contribution in [-0.2, 0) is 10.0 Å². The largest absolute Gasteiger partial charge is 0.313 e. The van der Waals surface area contributed by atoms with Crippen molar-refractivity contribution >= 4 is 49.2 Å². The highest BCUT2D eigenvalue weighted by Crippen LogP contribution is 2.32. The number of hydrogen-bond acceptors (Lipinski definition) is 3. The highest BCUT2D eigenvalue weighted by Gasteiger charge is 2.21. The molecule has 0 aromatic heterocycles. The summed E-state index contributed by atoms with van der Waals surface area (Å²) in [5.74, 6) is 0. The predicted molar refractivity (Wildman–Crippen MR) is 82.5 cm³/mol. The van der Waals surface area contributed by atoms with Crippen LogP contribution < -0.4 is 10.0 Å². The molecule has 0 fully saturated rings. The maximum absolute atomic E-state index is 12.1. The van der Waals surface area contributed by atoms with Crippen molar-refractivity contribution in [2.75, 3.05) is 13.1 Å².